The Morgan fingerprint density at radius 3 is 2.50 bits per heavy atom. The molecule has 0 unspecified atom stereocenters. The Bertz CT molecular complexity index is 509. The second-order valence-corrected chi connectivity index (χ2v) is 6.08. The summed E-state index contributed by atoms with van der Waals surface area (Å²) in [4.78, 5) is 14.4. The first-order chi connectivity index (χ1) is 9.65. The first-order valence-corrected chi connectivity index (χ1v) is 7.48. The lowest BCUT2D eigenvalue weighted by atomic mass is 9.92. The summed E-state index contributed by atoms with van der Waals surface area (Å²) >= 11 is 5.98. The number of hydrogen-bond donors (Lipinski definition) is 1. The summed E-state index contributed by atoms with van der Waals surface area (Å²) in [6, 6.07) is 3.97. The molecule has 1 N–H and O–H groups in total. The van der Waals surface area contributed by atoms with Crippen molar-refractivity contribution in [2.75, 3.05) is 26.2 Å². The maximum absolute atomic E-state index is 13.1. The topological polar surface area (TPSA) is 32.3 Å². The molecule has 0 radical (unpaired) electrons. The van der Waals surface area contributed by atoms with Gasteiger partial charge in [0.05, 0.1) is 10.6 Å². The molecule has 0 aromatic heterocycles. The van der Waals surface area contributed by atoms with Gasteiger partial charge in [-0.05, 0) is 56.0 Å². The highest BCUT2D eigenvalue weighted by molar-refractivity contribution is 6.33. The van der Waals surface area contributed by atoms with Crippen LogP contribution in [0.3, 0.4) is 0 Å². The molecular weight excluding hydrogens is 279 g/mol. The fraction of sp³-hybridized carbons (Fsp3) is 0.533. The number of rotatable bonds is 1. The summed E-state index contributed by atoms with van der Waals surface area (Å²) in [7, 11) is 0. The number of carbonyl (C=O) groups excluding carboxylic acids is 1. The largest absolute Gasteiger partial charge is 0.339 e. The van der Waals surface area contributed by atoms with Crippen LogP contribution in [0.1, 0.15) is 23.2 Å². The lowest BCUT2D eigenvalue weighted by Crippen LogP contribution is -2.33. The molecule has 2 aliphatic heterocycles. The third kappa shape index (κ3) is 2.67. The van der Waals surface area contributed by atoms with Gasteiger partial charge in [0.1, 0.15) is 5.82 Å². The van der Waals surface area contributed by atoms with Crippen LogP contribution < -0.4 is 5.32 Å². The number of hydrogen-bond acceptors (Lipinski definition) is 2. The third-order valence-corrected chi connectivity index (χ3v) is 4.78. The van der Waals surface area contributed by atoms with Crippen LogP contribution in [0.25, 0.3) is 0 Å². The van der Waals surface area contributed by atoms with E-state index in [1.807, 2.05) is 4.90 Å². The van der Waals surface area contributed by atoms with Crippen molar-refractivity contribution in [3.8, 4) is 0 Å². The number of halogens is 2. The zero-order chi connectivity index (χ0) is 14.1. The van der Waals surface area contributed by atoms with Gasteiger partial charge in [0, 0.05) is 13.1 Å². The van der Waals surface area contributed by atoms with Crippen LogP contribution in [-0.4, -0.2) is 37.0 Å². The number of nitrogens with zero attached hydrogens (tertiary/aromatic N) is 1. The van der Waals surface area contributed by atoms with Crippen LogP contribution in [0, 0.1) is 17.7 Å². The fourth-order valence-corrected chi connectivity index (χ4v) is 3.50. The summed E-state index contributed by atoms with van der Waals surface area (Å²) in [6.07, 6.45) is 2.06. The molecule has 2 atom stereocenters. The molecule has 2 aliphatic rings. The maximum Gasteiger partial charge on any atom is 0.255 e. The predicted octanol–water partition coefficient (Wildman–Crippen LogP) is 2.55. The van der Waals surface area contributed by atoms with E-state index in [1.165, 1.54) is 18.2 Å². The average molecular weight is 297 g/mol. The lowest BCUT2D eigenvalue weighted by Gasteiger charge is -2.21. The van der Waals surface area contributed by atoms with Crippen LogP contribution >= 0.6 is 11.6 Å². The minimum absolute atomic E-state index is 0.0806. The van der Waals surface area contributed by atoms with Gasteiger partial charge in [0.25, 0.3) is 5.91 Å². The normalized spacial score (nSPS) is 26.2. The van der Waals surface area contributed by atoms with Crippen LogP contribution in [-0.2, 0) is 0 Å². The molecule has 2 saturated heterocycles. The Hall–Kier alpha value is -1.13. The Kier molecular flexibility index (Phi) is 3.94. The maximum atomic E-state index is 13.1. The van der Waals surface area contributed by atoms with E-state index in [1.54, 1.807) is 0 Å². The summed E-state index contributed by atoms with van der Waals surface area (Å²) < 4.78 is 13.1. The SMILES string of the molecule is O=C(c1ccc(F)cc1Cl)N1CC[C@@H]2CNC[C@@H]2CC1. The molecule has 0 saturated carbocycles. The van der Waals surface area contributed by atoms with Crippen LogP contribution in [0.5, 0.6) is 0 Å². The number of fused-ring (bicyclic) bond motifs is 1. The molecule has 0 aliphatic carbocycles. The number of carbonyl (C=O) groups is 1. The highest BCUT2D eigenvalue weighted by Crippen LogP contribution is 2.28. The molecule has 0 bridgehead atoms. The quantitative estimate of drug-likeness (QED) is 0.864. The van der Waals surface area contributed by atoms with E-state index in [4.69, 9.17) is 11.6 Å². The number of benzene rings is 1. The Morgan fingerprint density at radius 1 is 1.25 bits per heavy atom. The summed E-state index contributed by atoms with van der Waals surface area (Å²) in [6.45, 7) is 3.64. The summed E-state index contributed by atoms with van der Waals surface area (Å²) in [5.74, 6) is 0.860. The van der Waals surface area contributed by atoms with Crippen molar-refractivity contribution in [3.63, 3.8) is 0 Å². The summed E-state index contributed by atoms with van der Waals surface area (Å²) in [5.41, 5.74) is 0.401. The van der Waals surface area contributed by atoms with Crippen molar-refractivity contribution in [2.24, 2.45) is 11.8 Å². The molecule has 3 nitrogen and oxygen atoms in total. The molecule has 1 amide bonds. The van der Waals surface area contributed by atoms with E-state index in [0.29, 0.717) is 17.4 Å². The summed E-state index contributed by atoms with van der Waals surface area (Å²) in [5, 5.41) is 3.61. The van der Waals surface area contributed by atoms with Crippen molar-refractivity contribution in [1.29, 1.82) is 0 Å². The highest BCUT2D eigenvalue weighted by Gasteiger charge is 2.32. The van der Waals surface area contributed by atoms with Crippen molar-refractivity contribution >= 4 is 17.5 Å². The number of nitrogens with one attached hydrogen (secondary N) is 1. The second kappa shape index (κ2) is 5.70. The van der Waals surface area contributed by atoms with Crippen molar-refractivity contribution < 1.29 is 9.18 Å². The second-order valence-electron chi connectivity index (χ2n) is 5.67. The number of amides is 1. The van der Waals surface area contributed by atoms with E-state index in [0.717, 1.165) is 39.0 Å². The van der Waals surface area contributed by atoms with E-state index in [9.17, 15) is 9.18 Å². The van der Waals surface area contributed by atoms with Gasteiger partial charge in [-0.1, -0.05) is 11.6 Å². The molecule has 108 valence electrons. The van der Waals surface area contributed by atoms with Gasteiger partial charge in [-0.15, -0.1) is 0 Å². The van der Waals surface area contributed by atoms with Gasteiger partial charge in [-0.25, -0.2) is 4.39 Å². The molecule has 1 aromatic carbocycles. The Balaban J connectivity index is 1.74. The zero-order valence-electron chi connectivity index (χ0n) is 11.2. The molecule has 3 rings (SSSR count). The molecule has 5 heteroatoms. The lowest BCUT2D eigenvalue weighted by molar-refractivity contribution is 0.0758. The van der Waals surface area contributed by atoms with Crippen LogP contribution in [0.2, 0.25) is 5.02 Å². The Morgan fingerprint density at radius 2 is 1.90 bits per heavy atom. The van der Waals surface area contributed by atoms with Crippen molar-refractivity contribution in [1.82, 2.24) is 10.2 Å². The van der Waals surface area contributed by atoms with E-state index in [2.05, 4.69) is 5.32 Å². The average Bonchev–Trinajstić information content (AvgIpc) is 2.77. The highest BCUT2D eigenvalue weighted by atomic mass is 35.5. The van der Waals surface area contributed by atoms with Crippen LogP contribution in [0.15, 0.2) is 18.2 Å². The monoisotopic (exact) mass is 296 g/mol. The first-order valence-electron chi connectivity index (χ1n) is 7.10. The molecule has 2 fully saturated rings. The minimum Gasteiger partial charge on any atom is -0.339 e. The van der Waals surface area contributed by atoms with Crippen molar-refractivity contribution in [2.45, 2.75) is 12.8 Å². The first kappa shape index (κ1) is 13.8. The van der Waals surface area contributed by atoms with E-state index >= 15 is 0 Å². The molecule has 20 heavy (non-hydrogen) atoms. The molecule has 2 heterocycles. The van der Waals surface area contributed by atoms with Gasteiger partial charge in [0.2, 0.25) is 0 Å². The zero-order valence-corrected chi connectivity index (χ0v) is 12.0. The predicted molar refractivity (Wildman–Crippen MR) is 76.4 cm³/mol. The van der Waals surface area contributed by atoms with Gasteiger partial charge in [-0.3, -0.25) is 4.79 Å². The standard InChI is InChI=1S/C15H18ClFN2O/c16-14-7-12(17)1-2-13(14)15(20)19-5-3-10-8-18-9-11(10)4-6-19/h1-2,7,10-11,18H,3-6,8-9H2/t10-,11+. The smallest absolute Gasteiger partial charge is 0.255 e. The van der Waals surface area contributed by atoms with Gasteiger partial charge in [0.15, 0.2) is 0 Å². The van der Waals surface area contributed by atoms with Crippen molar-refractivity contribution in [3.05, 3.63) is 34.6 Å². The number of likely N-dealkylation sites (tertiary alicyclic amines) is 1. The van der Waals surface area contributed by atoms with Gasteiger partial charge in [-0.2, -0.15) is 0 Å². The third-order valence-electron chi connectivity index (χ3n) is 4.47. The molecule has 1 aromatic rings. The van der Waals surface area contributed by atoms with Gasteiger partial charge >= 0.3 is 0 Å². The van der Waals surface area contributed by atoms with Crippen LogP contribution in [0.4, 0.5) is 4.39 Å². The van der Waals surface area contributed by atoms with E-state index < -0.39 is 5.82 Å². The minimum atomic E-state index is -0.414. The molecule has 0 spiro atoms. The van der Waals surface area contributed by atoms with Gasteiger partial charge < -0.3 is 10.2 Å². The van der Waals surface area contributed by atoms with E-state index in [-0.39, 0.29) is 10.9 Å². The molecular formula is C15H18ClFN2O. The fourth-order valence-electron chi connectivity index (χ4n) is 3.25. The Labute approximate surface area is 123 Å².